The van der Waals surface area contributed by atoms with Gasteiger partial charge in [-0.25, -0.2) is 4.79 Å². The summed E-state index contributed by atoms with van der Waals surface area (Å²) < 4.78 is 11.5. The monoisotopic (exact) mass is 534 g/mol. The second-order valence-electron chi connectivity index (χ2n) is 10.6. The van der Waals surface area contributed by atoms with Crippen LogP contribution in [0.3, 0.4) is 0 Å². The van der Waals surface area contributed by atoms with Gasteiger partial charge in [0.2, 0.25) is 17.7 Å². The van der Waals surface area contributed by atoms with E-state index in [1.54, 1.807) is 18.0 Å². The lowest BCUT2D eigenvalue weighted by Crippen LogP contribution is -2.49. The fourth-order valence-corrected chi connectivity index (χ4v) is 5.67. The van der Waals surface area contributed by atoms with Gasteiger partial charge >= 0.3 is 12.0 Å². The maximum atomic E-state index is 13.5. The fourth-order valence-electron chi connectivity index (χ4n) is 5.67. The van der Waals surface area contributed by atoms with Gasteiger partial charge in [0.05, 0.1) is 24.6 Å². The van der Waals surface area contributed by atoms with Crippen molar-refractivity contribution < 1.29 is 29.0 Å². The Kier molecular flexibility index (Phi) is 7.54. The zero-order valence-electron chi connectivity index (χ0n) is 22.2. The van der Waals surface area contributed by atoms with Gasteiger partial charge in [0, 0.05) is 31.1 Å². The molecule has 5 atom stereocenters. The predicted molar refractivity (Wildman–Crippen MR) is 142 cm³/mol. The van der Waals surface area contributed by atoms with Crippen molar-refractivity contribution >= 4 is 17.8 Å². The predicted octanol–water partition coefficient (Wildman–Crippen LogP) is 3.08. The molecule has 10 heteroatoms. The number of aliphatic carboxylic acids is 1. The number of ether oxygens (including phenoxy) is 2. The summed E-state index contributed by atoms with van der Waals surface area (Å²) in [5.41, 5.74) is 0.172. The lowest BCUT2D eigenvalue weighted by atomic mass is 9.93. The number of nitrogens with one attached hydrogen (secondary N) is 1. The van der Waals surface area contributed by atoms with Crippen LogP contribution in [0.15, 0.2) is 48.6 Å². The van der Waals surface area contributed by atoms with E-state index in [1.807, 2.05) is 42.5 Å². The average Bonchev–Trinajstić information content (AvgIpc) is 3.48. The normalized spacial score (nSPS) is 29.8. The van der Waals surface area contributed by atoms with E-state index in [9.17, 15) is 19.5 Å². The third-order valence-electron chi connectivity index (χ3n) is 8.00. The van der Waals surface area contributed by atoms with Gasteiger partial charge in [0.1, 0.15) is 11.6 Å². The molecule has 2 amide bonds. The minimum Gasteiger partial charge on any atom is -0.479 e. The lowest BCUT2D eigenvalue weighted by Gasteiger charge is -2.26. The highest BCUT2D eigenvalue weighted by Crippen LogP contribution is 2.46. The molecular weight excluding hydrogens is 500 g/mol. The fraction of sp³-hybridized carbons (Fsp3) is 0.483. The van der Waals surface area contributed by atoms with Crippen LogP contribution in [0.1, 0.15) is 38.5 Å². The second-order valence-corrected chi connectivity index (χ2v) is 10.6. The molecule has 206 valence electrons. The summed E-state index contributed by atoms with van der Waals surface area (Å²) in [6.07, 6.45) is 6.86. The molecule has 0 saturated heterocycles. The minimum absolute atomic E-state index is 0.129. The molecule has 1 aliphatic heterocycles. The number of carboxylic acid groups (broad SMARTS) is 1. The number of rotatable bonds is 5. The first-order chi connectivity index (χ1) is 18.8. The summed E-state index contributed by atoms with van der Waals surface area (Å²) in [6, 6.07) is 11.4. The molecule has 0 bridgehead atoms. The van der Waals surface area contributed by atoms with E-state index in [2.05, 4.69) is 15.3 Å². The van der Waals surface area contributed by atoms with Crippen molar-refractivity contribution in [2.24, 2.45) is 17.8 Å². The number of methoxy groups -OCH3 is 1. The summed E-state index contributed by atoms with van der Waals surface area (Å²) in [5.74, 6) is -2.91. The van der Waals surface area contributed by atoms with E-state index < -0.39 is 35.4 Å². The van der Waals surface area contributed by atoms with Crippen LogP contribution >= 0.6 is 0 Å². The summed E-state index contributed by atoms with van der Waals surface area (Å²) in [4.78, 5) is 49.6. The first-order valence-electron chi connectivity index (χ1n) is 13.4. The molecule has 2 saturated carbocycles. The van der Waals surface area contributed by atoms with Crippen molar-refractivity contribution in [1.82, 2.24) is 20.2 Å². The Morgan fingerprint density at radius 1 is 1.13 bits per heavy atom. The molecular formula is C29H34N4O6. The Hall–Kier alpha value is -3.95. The molecule has 1 aromatic heterocycles. The summed E-state index contributed by atoms with van der Waals surface area (Å²) in [5, 5.41) is 12.7. The minimum atomic E-state index is -1.32. The maximum Gasteiger partial charge on any atom is 0.330 e. The number of benzene rings is 1. The molecule has 2 fully saturated rings. The van der Waals surface area contributed by atoms with Crippen molar-refractivity contribution in [3.05, 3.63) is 48.6 Å². The molecule has 2 aliphatic carbocycles. The summed E-state index contributed by atoms with van der Waals surface area (Å²) in [6.45, 7) is 0.592. The van der Waals surface area contributed by atoms with Gasteiger partial charge in [-0.1, -0.05) is 42.5 Å². The molecule has 0 radical (unpaired) electrons. The van der Waals surface area contributed by atoms with E-state index in [4.69, 9.17) is 9.47 Å². The van der Waals surface area contributed by atoms with Crippen molar-refractivity contribution in [3.8, 4) is 23.1 Å². The third-order valence-corrected chi connectivity index (χ3v) is 8.00. The Bertz CT molecular complexity index is 1270. The number of carbonyl (C=O) groups is 3. The van der Waals surface area contributed by atoms with E-state index in [-0.39, 0.29) is 30.1 Å². The van der Waals surface area contributed by atoms with Gasteiger partial charge in [-0.15, -0.1) is 0 Å². The van der Waals surface area contributed by atoms with Crippen molar-refractivity contribution in [2.75, 3.05) is 20.7 Å². The molecule has 3 aliphatic rings. The Balaban J connectivity index is 1.40. The first kappa shape index (κ1) is 26.6. The van der Waals surface area contributed by atoms with Crippen molar-refractivity contribution in [1.29, 1.82) is 0 Å². The van der Waals surface area contributed by atoms with Gasteiger partial charge < -0.3 is 24.8 Å². The molecule has 10 nitrogen and oxygen atoms in total. The maximum absolute atomic E-state index is 13.5. The number of carboxylic acids is 1. The van der Waals surface area contributed by atoms with Crippen molar-refractivity contribution in [2.45, 2.75) is 50.2 Å². The summed E-state index contributed by atoms with van der Waals surface area (Å²) >= 11 is 0. The molecule has 1 aromatic carbocycles. The zero-order chi connectivity index (χ0) is 27.6. The van der Waals surface area contributed by atoms with E-state index >= 15 is 0 Å². The molecule has 39 heavy (non-hydrogen) atoms. The van der Waals surface area contributed by atoms with Crippen LogP contribution in [0.25, 0.3) is 11.3 Å². The summed E-state index contributed by atoms with van der Waals surface area (Å²) in [7, 11) is 3.23. The smallest absolute Gasteiger partial charge is 0.330 e. The quantitative estimate of drug-likeness (QED) is 0.560. The topological polar surface area (TPSA) is 131 Å². The Morgan fingerprint density at radius 2 is 1.90 bits per heavy atom. The first-order valence-corrected chi connectivity index (χ1v) is 13.4. The van der Waals surface area contributed by atoms with Crippen LogP contribution in [0, 0.1) is 17.8 Å². The lowest BCUT2D eigenvalue weighted by molar-refractivity contribution is -0.145. The number of hydrogen-bond acceptors (Lipinski definition) is 7. The van der Waals surface area contributed by atoms with Gasteiger partial charge in [-0.3, -0.25) is 9.59 Å². The van der Waals surface area contributed by atoms with E-state index in [0.717, 1.165) is 24.8 Å². The molecule has 0 spiro atoms. The average molecular weight is 535 g/mol. The van der Waals surface area contributed by atoms with E-state index in [1.165, 1.54) is 7.11 Å². The zero-order valence-corrected chi connectivity index (χ0v) is 22.2. The third kappa shape index (κ3) is 5.60. The number of carbonyl (C=O) groups excluding carboxylic acids is 2. The van der Waals surface area contributed by atoms with Crippen LogP contribution < -0.4 is 14.8 Å². The largest absolute Gasteiger partial charge is 0.479 e. The number of aromatic nitrogens is 2. The number of fused-ring (bicyclic) bond motifs is 2. The molecule has 2 aromatic rings. The highest BCUT2D eigenvalue weighted by molar-refractivity contribution is 5.94. The Morgan fingerprint density at radius 3 is 2.64 bits per heavy atom. The Labute approximate surface area is 227 Å². The SMILES string of the molecule is COc1nc(O[C@@H]2C[C@H]3C(=O)N[C@]4(C(=O)O)C[C@@H]4/C=C\CCCCN(C)C(=O)[C@@H]3C2)cc(-c2ccccc2)n1. The van der Waals surface area contributed by atoms with Gasteiger partial charge in [0.15, 0.2) is 0 Å². The number of allylic oxidation sites excluding steroid dienone is 1. The molecule has 0 unspecified atom stereocenters. The van der Waals surface area contributed by atoms with Gasteiger partial charge in [-0.2, -0.15) is 9.97 Å². The van der Waals surface area contributed by atoms with Crippen LogP contribution in [-0.4, -0.2) is 70.1 Å². The van der Waals surface area contributed by atoms with Gasteiger partial charge in [-0.05, 0) is 38.5 Å². The molecule has 2 heterocycles. The molecule has 2 N–H and O–H groups in total. The van der Waals surface area contributed by atoms with Crippen LogP contribution in [0.2, 0.25) is 0 Å². The van der Waals surface area contributed by atoms with Crippen LogP contribution in [0.5, 0.6) is 11.9 Å². The van der Waals surface area contributed by atoms with E-state index in [0.29, 0.717) is 25.1 Å². The van der Waals surface area contributed by atoms with Crippen LogP contribution in [0.4, 0.5) is 0 Å². The number of hydrogen-bond donors (Lipinski definition) is 2. The highest BCUT2D eigenvalue weighted by atomic mass is 16.5. The van der Waals surface area contributed by atoms with Crippen LogP contribution in [-0.2, 0) is 14.4 Å². The van der Waals surface area contributed by atoms with Gasteiger partial charge in [0.25, 0.3) is 0 Å². The second kappa shape index (κ2) is 11.0. The number of amides is 2. The number of nitrogens with zero attached hydrogens (tertiary/aromatic N) is 3. The standard InChI is InChI=1S/C29H34N4O6/c1-33-13-9-4-3-8-12-19-17-29(19,27(36)37)32-25(34)21-14-20(15-22(21)26(33)35)39-24-16-23(30-28(31-24)38-2)18-10-6-5-7-11-18/h5-8,10-12,16,19-22H,3-4,9,13-15,17H2,1-2H3,(H,32,34)(H,36,37)/b12-8-/t19-,20+,21+,22+,29+/m0/s1. The highest BCUT2D eigenvalue weighted by Gasteiger charge is 2.61. The van der Waals surface area contributed by atoms with Crippen molar-refractivity contribution in [3.63, 3.8) is 0 Å². The molecule has 5 rings (SSSR count).